The predicted molar refractivity (Wildman–Crippen MR) is 69.8 cm³/mol. The number of nitrogens with zero attached hydrogens (tertiary/aromatic N) is 3. The van der Waals surface area contributed by atoms with Gasteiger partial charge in [0.05, 0.1) is 7.11 Å². The van der Waals surface area contributed by atoms with Crippen molar-refractivity contribution in [1.82, 2.24) is 15.1 Å². The van der Waals surface area contributed by atoms with Crippen LogP contribution < -0.4 is 10.1 Å². The number of carbonyl (C=O) groups is 1. The Hall–Kier alpha value is -2.26. The summed E-state index contributed by atoms with van der Waals surface area (Å²) in [6.45, 7) is 0.701. The summed E-state index contributed by atoms with van der Waals surface area (Å²) in [5.41, 5.74) is -1.13. The number of hydrogen-bond acceptors (Lipinski definition) is 5. The summed E-state index contributed by atoms with van der Waals surface area (Å²) >= 11 is 0. The van der Waals surface area contributed by atoms with Crippen LogP contribution in [0, 0.1) is 0 Å². The lowest BCUT2D eigenvalue weighted by molar-refractivity contribution is -0.141. The minimum atomic E-state index is -4.59. The Bertz CT molecular complexity index is 545. The molecule has 1 aliphatic rings. The molecule has 0 aromatic carbocycles. The van der Waals surface area contributed by atoms with Crippen molar-refractivity contribution < 1.29 is 27.8 Å². The van der Waals surface area contributed by atoms with Gasteiger partial charge in [-0.2, -0.15) is 13.2 Å². The van der Waals surface area contributed by atoms with E-state index in [0.29, 0.717) is 25.9 Å². The first kappa shape index (κ1) is 16.1. The van der Waals surface area contributed by atoms with Gasteiger partial charge < -0.3 is 20.1 Å². The molecule has 1 fully saturated rings. The van der Waals surface area contributed by atoms with Crippen molar-refractivity contribution >= 4 is 11.9 Å². The van der Waals surface area contributed by atoms with Crippen molar-refractivity contribution in [3.8, 4) is 5.75 Å². The molecule has 0 radical (unpaired) electrons. The van der Waals surface area contributed by atoms with Crippen LogP contribution in [0.3, 0.4) is 0 Å². The fraction of sp³-hybridized carbons (Fsp3) is 0.583. The number of carboxylic acid groups (broad SMARTS) is 1. The Morgan fingerprint density at radius 3 is 2.55 bits per heavy atom. The highest BCUT2D eigenvalue weighted by Gasteiger charge is 2.34. The fourth-order valence-corrected chi connectivity index (χ4v) is 2.18. The monoisotopic (exact) mass is 320 g/mol. The summed E-state index contributed by atoms with van der Waals surface area (Å²) in [5.74, 6) is 0.0623. The van der Waals surface area contributed by atoms with Crippen molar-refractivity contribution in [2.24, 2.45) is 0 Å². The van der Waals surface area contributed by atoms with Gasteiger partial charge in [-0.3, -0.25) is 0 Å². The molecule has 2 N–H and O–H groups in total. The lowest BCUT2D eigenvalue weighted by atomic mass is 10.1. The predicted octanol–water partition coefficient (Wildman–Crippen LogP) is 2.06. The zero-order valence-corrected chi connectivity index (χ0v) is 11.7. The van der Waals surface area contributed by atoms with Crippen LogP contribution in [0.25, 0.3) is 0 Å². The second kappa shape index (κ2) is 6.24. The molecule has 0 atom stereocenters. The van der Waals surface area contributed by atoms with Gasteiger partial charge in [-0.15, -0.1) is 10.2 Å². The topological polar surface area (TPSA) is 87.6 Å². The number of rotatable bonds is 3. The highest BCUT2D eigenvalue weighted by Crippen LogP contribution is 2.32. The molecule has 7 nitrogen and oxygen atoms in total. The first-order chi connectivity index (χ1) is 10.3. The Labute approximate surface area is 124 Å². The van der Waals surface area contributed by atoms with Crippen molar-refractivity contribution in [3.63, 3.8) is 0 Å². The number of piperidine rings is 1. The van der Waals surface area contributed by atoms with E-state index in [4.69, 9.17) is 9.84 Å². The molecule has 1 saturated heterocycles. The number of aromatic nitrogens is 2. The van der Waals surface area contributed by atoms with E-state index < -0.39 is 18.0 Å². The number of anilines is 1. The molecule has 22 heavy (non-hydrogen) atoms. The summed E-state index contributed by atoms with van der Waals surface area (Å²) in [4.78, 5) is 12.1. The van der Waals surface area contributed by atoms with Crippen LogP contribution >= 0.6 is 0 Å². The van der Waals surface area contributed by atoms with Crippen molar-refractivity contribution in [3.05, 3.63) is 11.8 Å². The average Bonchev–Trinajstić information content (AvgIpc) is 2.47. The van der Waals surface area contributed by atoms with E-state index in [2.05, 4.69) is 15.5 Å². The molecule has 1 amide bonds. The second-order valence-corrected chi connectivity index (χ2v) is 4.83. The van der Waals surface area contributed by atoms with E-state index in [1.807, 2.05) is 0 Å². The largest absolute Gasteiger partial charge is 0.493 e. The second-order valence-electron chi connectivity index (χ2n) is 4.83. The van der Waals surface area contributed by atoms with Crippen LogP contribution in [0.2, 0.25) is 0 Å². The van der Waals surface area contributed by atoms with Crippen LogP contribution in [0.1, 0.15) is 18.5 Å². The van der Waals surface area contributed by atoms with Crippen LogP contribution in [-0.2, 0) is 6.18 Å². The highest BCUT2D eigenvalue weighted by atomic mass is 19.4. The van der Waals surface area contributed by atoms with Gasteiger partial charge in [0, 0.05) is 25.2 Å². The van der Waals surface area contributed by atoms with Gasteiger partial charge in [-0.05, 0) is 12.8 Å². The van der Waals surface area contributed by atoms with Gasteiger partial charge in [0.25, 0.3) is 0 Å². The third kappa shape index (κ3) is 3.68. The van der Waals surface area contributed by atoms with Gasteiger partial charge >= 0.3 is 12.3 Å². The molecule has 1 aromatic heterocycles. The van der Waals surface area contributed by atoms with Crippen molar-refractivity contribution in [1.29, 1.82) is 0 Å². The third-order valence-corrected chi connectivity index (χ3v) is 3.38. The van der Waals surface area contributed by atoms with E-state index >= 15 is 0 Å². The number of methoxy groups -OCH3 is 1. The molecule has 0 bridgehead atoms. The van der Waals surface area contributed by atoms with E-state index in [1.54, 1.807) is 0 Å². The molecule has 10 heteroatoms. The van der Waals surface area contributed by atoms with Gasteiger partial charge in [0.2, 0.25) is 0 Å². The summed E-state index contributed by atoms with van der Waals surface area (Å²) in [6, 6.07) is 0.678. The number of nitrogens with one attached hydrogen (secondary N) is 1. The number of halogens is 3. The standard InChI is InChI=1S/C12H15F3N4O3/c1-22-8-6-9(12(13,14)15)17-18-10(8)16-7-2-4-19(5-3-7)11(20)21/h6-7H,2-5H2,1H3,(H,16,18)(H,20,21). The van der Waals surface area contributed by atoms with E-state index in [9.17, 15) is 18.0 Å². The zero-order chi connectivity index (χ0) is 16.3. The minimum absolute atomic E-state index is 0.0528. The lowest BCUT2D eigenvalue weighted by Gasteiger charge is -2.30. The molecule has 2 heterocycles. The SMILES string of the molecule is COc1cc(C(F)(F)F)nnc1NC1CCN(C(=O)O)CC1. The van der Waals surface area contributed by atoms with Crippen LogP contribution in [0.15, 0.2) is 6.07 Å². The fourth-order valence-electron chi connectivity index (χ4n) is 2.18. The zero-order valence-electron chi connectivity index (χ0n) is 11.7. The van der Waals surface area contributed by atoms with Gasteiger partial charge in [0.1, 0.15) is 0 Å². The van der Waals surface area contributed by atoms with Gasteiger partial charge in [0.15, 0.2) is 17.3 Å². The Morgan fingerprint density at radius 1 is 1.41 bits per heavy atom. The molecular weight excluding hydrogens is 305 g/mol. The maximum atomic E-state index is 12.6. The molecule has 0 saturated carbocycles. The van der Waals surface area contributed by atoms with Crippen LogP contribution in [0.4, 0.5) is 23.8 Å². The summed E-state index contributed by atoms with van der Waals surface area (Å²) < 4.78 is 42.6. The number of likely N-dealkylation sites (tertiary alicyclic amines) is 1. The summed E-state index contributed by atoms with van der Waals surface area (Å²) in [6.07, 6.45) is -4.52. The molecule has 2 rings (SSSR count). The van der Waals surface area contributed by atoms with Crippen LogP contribution in [-0.4, -0.2) is 52.5 Å². The number of amides is 1. The van der Waals surface area contributed by atoms with E-state index in [-0.39, 0.29) is 17.6 Å². The van der Waals surface area contributed by atoms with Crippen molar-refractivity contribution in [2.75, 3.05) is 25.5 Å². The smallest absolute Gasteiger partial charge is 0.435 e. The van der Waals surface area contributed by atoms with E-state index in [1.165, 1.54) is 12.0 Å². The Morgan fingerprint density at radius 2 is 2.05 bits per heavy atom. The van der Waals surface area contributed by atoms with Crippen molar-refractivity contribution in [2.45, 2.75) is 25.1 Å². The van der Waals surface area contributed by atoms with Crippen LogP contribution in [0.5, 0.6) is 5.75 Å². The minimum Gasteiger partial charge on any atom is -0.493 e. The number of ether oxygens (including phenoxy) is 1. The summed E-state index contributed by atoms with van der Waals surface area (Å²) in [7, 11) is 1.25. The maximum Gasteiger partial charge on any atom is 0.435 e. The molecule has 1 aliphatic heterocycles. The van der Waals surface area contributed by atoms with Gasteiger partial charge in [-0.1, -0.05) is 0 Å². The van der Waals surface area contributed by atoms with Gasteiger partial charge in [-0.25, -0.2) is 4.79 Å². The molecule has 0 spiro atoms. The Balaban J connectivity index is 2.06. The lowest BCUT2D eigenvalue weighted by Crippen LogP contribution is -2.41. The molecule has 1 aromatic rings. The quantitative estimate of drug-likeness (QED) is 0.886. The maximum absolute atomic E-state index is 12.6. The Kier molecular flexibility index (Phi) is 4.57. The van der Waals surface area contributed by atoms with E-state index in [0.717, 1.165) is 6.07 Å². The third-order valence-electron chi connectivity index (χ3n) is 3.38. The number of hydrogen-bond donors (Lipinski definition) is 2. The highest BCUT2D eigenvalue weighted by molar-refractivity contribution is 5.65. The molecule has 0 unspecified atom stereocenters. The molecule has 122 valence electrons. The first-order valence-corrected chi connectivity index (χ1v) is 6.54. The molecular formula is C12H15F3N4O3. The first-order valence-electron chi connectivity index (χ1n) is 6.54. The number of alkyl halides is 3. The molecule has 0 aliphatic carbocycles. The average molecular weight is 320 g/mol. The normalized spacial score (nSPS) is 16.5. The summed E-state index contributed by atoms with van der Waals surface area (Å²) in [5, 5.41) is 18.5.